The van der Waals surface area contributed by atoms with Gasteiger partial charge in [0.1, 0.15) is 0 Å². The van der Waals surface area contributed by atoms with Crippen molar-refractivity contribution in [3.05, 3.63) is 188 Å². The average molecular weight is 746 g/mol. The summed E-state index contributed by atoms with van der Waals surface area (Å²) in [6.45, 7) is 0. The molecule has 0 amide bonds. The fraction of sp³-hybridized carbons (Fsp3) is 0. The maximum absolute atomic E-state index is 5.14. The van der Waals surface area contributed by atoms with Gasteiger partial charge < -0.3 is 4.57 Å². The zero-order valence-electron chi connectivity index (χ0n) is 30.5. The maximum atomic E-state index is 5.14. The lowest BCUT2D eigenvalue weighted by Crippen LogP contribution is -2.06. The third-order valence-corrected chi connectivity index (χ3v) is 12.4. The van der Waals surface area contributed by atoms with E-state index in [4.69, 9.17) is 15.0 Å². The lowest BCUT2D eigenvalue weighted by Gasteiger charge is -2.13. The molecule has 0 radical (unpaired) electrons. The van der Waals surface area contributed by atoms with E-state index in [0.29, 0.717) is 17.6 Å². The molecule has 266 valence electrons. The van der Waals surface area contributed by atoms with Crippen molar-refractivity contribution in [3.63, 3.8) is 0 Å². The number of nitrogens with zero attached hydrogens (tertiary/aromatic N) is 5. The van der Waals surface area contributed by atoms with Crippen molar-refractivity contribution in [1.82, 2.24) is 24.1 Å². The highest BCUT2D eigenvalue weighted by Gasteiger charge is 2.22. The summed E-state index contributed by atoms with van der Waals surface area (Å²) in [5.74, 6) is 1.85. The highest BCUT2D eigenvalue weighted by atomic mass is 32.1. The Labute approximate surface area is 331 Å². The van der Waals surface area contributed by atoms with Gasteiger partial charge in [-0.05, 0) is 42.0 Å². The summed E-state index contributed by atoms with van der Waals surface area (Å²) >= 11 is 1.88. The van der Waals surface area contributed by atoms with Crippen molar-refractivity contribution in [2.75, 3.05) is 0 Å². The van der Waals surface area contributed by atoms with Gasteiger partial charge in [0.2, 0.25) is 5.95 Å². The molecule has 8 aromatic carbocycles. The molecule has 0 fully saturated rings. The quantitative estimate of drug-likeness (QED) is 0.176. The predicted molar refractivity (Wildman–Crippen MR) is 238 cm³/mol. The van der Waals surface area contributed by atoms with E-state index in [1.807, 2.05) is 72.0 Å². The summed E-state index contributed by atoms with van der Waals surface area (Å²) in [4.78, 5) is 15.3. The fourth-order valence-electron chi connectivity index (χ4n) is 8.65. The molecule has 5 nitrogen and oxygen atoms in total. The van der Waals surface area contributed by atoms with Crippen molar-refractivity contribution in [3.8, 4) is 45.5 Å². The number of aromatic nitrogens is 5. The minimum Gasteiger partial charge on any atom is -0.307 e. The van der Waals surface area contributed by atoms with Crippen LogP contribution in [0.4, 0.5) is 0 Å². The number of thiophene rings is 1. The van der Waals surface area contributed by atoms with Gasteiger partial charge in [-0.3, -0.25) is 4.57 Å². The molecule has 0 bridgehead atoms. The second-order valence-corrected chi connectivity index (χ2v) is 15.5. The lowest BCUT2D eigenvalue weighted by atomic mass is 9.99. The first-order valence-electron chi connectivity index (χ1n) is 19.1. The smallest absolute Gasteiger partial charge is 0.238 e. The van der Waals surface area contributed by atoms with E-state index in [1.54, 1.807) is 0 Å². The van der Waals surface area contributed by atoms with Gasteiger partial charge in [-0.2, -0.15) is 9.97 Å². The molecule has 0 spiro atoms. The predicted octanol–water partition coefficient (Wildman–Crippen LogP) is 13.4. The first kappa shape index (κ1) is 31.9. The number of fused-ring (bicyclic) bond motifs is 10. The maximum Gasteiger partial charge on any atom is 0.238 e. The Morgan fingerprint density at radius 2 is 0.965 bits per heavy atom. The topological polar surface area (TPSA) is 48.5 Å². The Bertz CT molecular complexity index is 3450. The van der Waals surface area contributed by atoms with Crippen LogP contribution in [0.2, 0.25) is 0 Å². The summed E-state index contributed by atoms with van der Waals surface area (Å²) in [6.07, 6.45) is 0. The SMILES string of the molecule is c1ccc(-c2nc(-c3ccccc3)nc(-n3c4ccccc4c4cc(-c5cccc6c7ccc8c9ccccc9sc8c7n(-c7ccccc7)c56)ccc43)n2)cc1. The molecular formula is C51H31N5S. The zero-order chi connectivity index (χ0) is 37.5. The van der Waals surface area contributed by atoms with Crippen LogP contribution in [-0.4, -0.2) is 24.1 Å². The number of hydrogen-bond donors (Lipinski definition) is 0. The molecule has 4 aromatic heterocycles. The Balaban J connectivity index is 1.13. The standard InChI is InChI=1S/C51H31N5S/c1-4-15-32(16-5-1)49-52-50(33-17-6-2-7-18-33)54-51(53-49)56-43-25-12-10-21-37(43)42-31-34(27-30-44(42)56)36-23-14-24-39-40-28-29-41-38-22-11-13-26-45(38)57-48(41)47(40)55(46(36)39)35-19-8-3-9-20-35/h1-31H. The number of benzene rings is 8. The van der Waals surface area contributed by atoms with Crippen molar-refractivity contribution in [2.45, 2.75) is 0 Å². The zero-order valence-corrected chi connectivity index (χ0v) is 31.4. The molecule has 0 unspecified atom stereocenters. The van der Waals surface area contributed by atoms with Gasteiger partial charge >= 0.3 is 0 Å². The second-order valence-electron chi connectivity index (χ2n) is 14.4. The minimum absolute atomic E-state index is 0.584. The molecule has 0 aliphatic rings. The van der Waals surface area contributed by atoms with Crippen LogP contribution >= 0.6 is 11.3 Å². The number of rotatable bonds is 5. The monoisotopic (exact) mass is 745 g/mol. The van der Waals surface area contributed by atoms with Gasteiger partial charge in [-0.15, -0.1) is 11.3 Å². The molecule has 0 atom stereocenters. The van der Waals surface area contributed by atoms with Crippen LogP contribution in [0.3, 0.4) is 0 Å². The Morgan fingerprint density at radius 1 is 0.368 bits per heavy atom. The van der Waals surface area contributed by atoms with Crippen molar-refractivity contribution < 1.29 is 0 Å². The van der Waals surface area contributed by atoms with Crippen LogP contribution in [0.25, 0.3) is 109 Å². The molecule has 57 heavy (non-hydrogen) atoms. The van der Waals surface area contributed by atoms with Crippen LogP contribution in [0.15, 0.2) is 188 Å². The molecule has 4 heterocycles. The van der Waals surface area contributed by atoms with Crippen LogP contribution in [0.5, 0.6) is 0 Å². The van der Waals surface area contributed by atoms with Gasteiger partial charge in [0, 0.05) is 59.4 Å². The van der Waals surface area contributed by atoms with E-state index >= 15 is 0 Å². The molecule has 0 saturated heterocycles. The molecule has 0 aliphatic carbocycles. The van der Waals surface area contributed by atoms with Crippen molar-refractivity contribution >= 4 is 75.1 Å². The van der Waals surface area contributed by atoms with Gasteiger partial charge in [0.15, 0.2) is 11.6 Å². The molecule has 12 aromatic rings. The van der Waals surface area contributed by atoms with Crippen molar-refractivity contribution in [1.29, 1.82) is 0 Å². The van der Waals surface area contributed by atoms with Crippen LogP contribution in [0.1, 0.15) is 0 Å². The summed E-state index contributed by atoms with van der Waals surface area (Å²) in [5.41, 5.74) is 9.87. The van der Waals surface area contributed by atoms with E-state index in [0.717, 1.165) is 44.2 Å². The van der Waals surface area contributed by atoms with E-state index in [1.165, 1.54) is 47.5 Å². The third-order valence-electron chi connectivity index (χ3n) is 11.2. The summed E-state index contributed by atoms with van der Waals surface area (Å²) in [7, 11) is 0. The molecule has 0 N–H and O–H groups in total. The van der Waals surface area contributed by atoms with Crippen molar-refractivity contribution in [2.24, 2.45) is 0 Å². The van der Waals surface area contributed by atoms with Gasteiger partial charge in [0.25, 0.3) is 0 Å². The molecule has 0 saturated carbocycles. The molecule has 6 heteroatoms. The third kappa shape index (κ3) is 4.91. The Morgan fingerprint density at radius 3 is 1.72 bits per heavy atom. The Kier molecular flexibility index (Phi) is 7.03. The first-order chi connectivity index (χ1) is 28.3. The van der Waals surface area contributed by atoms with Gasteiger partial charge in [-0.25, -0.2) is 4.98 Å². The number of para-hydroxylation sites is 3. The summed E-state index contributed by atoms with van der Waals surface area (Å²) < 4.78 is 7.29. The normalized spacial score (nSPS) is 11.9. The second kappa shape index (κ2) is 12.6. The van der Waals surface area contributed by atoms with E-state index < -0.39 is 0 Å². The molecule has 0 aliphatic heterocycles. The molecule has 12 rings (SSSR count). The highest BCUT2D eigenvalue weighted by Crippen LogP contribution is 2.45. The van der Waals surface area contributed by atoms with Gasteiger partial charge in [0.05, 0.1) is 26.8 Å². The Hall–Kier alpha value is -7.41. The summed E-state index contributed by atoms with van der Waals surface area (Å²) in [5, 5.41) is 7.36. The van der Waals surface area contributed by atoms with Crippen LogP contribution in [0, 0.1) is 0 Å². The first-order valence-corrected chi connectivity index (χ1v) is 19.9. The van der Waals surface area contributed by atoms with E-state index in [9.17, 15) is 0 Å². The average Bonchev–Trinajstić information content (AvgIpc) is 3.95. The number of hydrogen-bond acceptors (Lipinski definition) is 4. The minimum atomic E-state index is 0.584. The fourth-order valence-corrected chi connectivity index (χ4v) is 9.89. The molecular weight excluding hydrogens is 715 g/mol. The van der Waals surface area contributed by atoms with Crippen LogP contribution in [-0.2, 0) is 0 Å². The van der Waals surface area contributed by atoms with E-state index in [-0.39, 0.29) is 0 Å². The van der Waals surface area contributed by atoms with Gasteiger partial charge in [-0.1, -0.05) is 152 Å². The summed E-state index contributed by atoms with van der Waals surface area (Å²) in [6, 6.07) is 66.7. The largest absolute Gasteiger partial charge is 0.307 e. The van der Waals surface area contributed by atoms with E-state index in [2.05, 4.69) is 137 Å². The van der Waals surface area contributed by atoms with Crippen LogP contribution < -0.4 is 0 Å². The lowest BCUT2D eigenvalue weighted by molar-refractivity contribution is 0.953. The highest BCUT2D eigenvalue weighted by molar-refractivity contribution is 7.26.